The largest absolute Gasteiger partial charge is 0.218 e. The number of benzene rings is 1. The van der Waals surface area contributed by atoms with Crippen molar-refractivity contribution >= 4 is 21.6 Å². The van der Waals surface area contributed by atoms with Gasteiger partial charge in [-0.3, -0.25) is 0 Å². The van der Waals surface area contributed by atoms with Crippen molar-refractivity contribution in [1.29, 1.82) is 0 Å². The van der Waals surface area contributed by atoms with Crippen LogP contribution >= 0.6 is 11.6 Å². The lowest BCUT2D eigenvalue weighted by Crippen LogP contribution is -2.29. The molecule has 94 valence electrons. The van der Waals surface area contributed by atoms with Gasteiger partial charge in [0, 0.05) is 18.1 Å². The average molecular weight is 274 g/mol. The first-order valence-corrected chi connectivity index (χ1v) is 7.69. The number of hydrogen-bond donors (Lipinski definition) is 0. The van der Waals surface area contributed by atoms with Crippen LogP contribution in [0.5, 0.6) is 0 Å². The fourth-order valence-corrected chi connectivity index (χ4v) is 4.02. The van der Waals surface area contributed by atoms with Crippen molar-refractivity contribution in [3.8, 4) is 0 Å². The van der Waals surface area contributed by atoms with Crippen LogP contribution in [0.2, 0.25) is 5.02 Å². The van der Waals surface area contributed by atoms with Crippen LogP contribution in [0.15, 0.2) is 24.3 Å². The van der Waals surface area contributed by atoms with E-state index in [1.807, 2.05) is 6.07 Å². The Kier molecular flexibility index (Phi) is 3.76. The summed E-state index contributed by atoms with van der Waals surface area (Å²) in [6.45, 7) is 3.34. The Balaban J connectivity index is 2.15. The molecular formula is C12H16ClNO2S. The molecule has 1 aliphatic heterocycles. The Morgan fingerprint density at radius 3 is 2.71 bits per heavy atom. The quantitative estimate of drug-likeness (QED) is 0.849. The highest BCUT2D eigenvalue weighted by molar-refractivity contribution is 7.88. The smallest absolute Gasteiger partial charge is 0.212 e. The maximum absolute atomic E-state index is 12.2. The first-order valence-electron chi connectivity index (χ1n) is 5.70. The van der Waals surface area contributed by atoms with Gasteiger partial charge in [-0.1, -0.05) is 36.7 Å². The standard InChI is InChI=1S/C12H16ClNO2S/c1-10-6-7-14(8-10)17(15,16)9-11-4-2-3-5-12(11)13/h2-5,10H,6-9H2,1H3. The summed E-state index contributed by atoms with van der Waals surface area (Å²) in [4.78, 5) is 0. The second-order valence-corrected chi connectivity index (χ2v) is 6.98. The fourth-order valence-electron chi connectivity index (χ4n) is 2.05. The van der Waals surface area contributed by atoms with Crippen molar-refractivity contribution in [2.75, 3.05) is 13.1 Å². The third-order valence-electron chi connectivity index (χ3n) is 3.08. The lowest BCUT2D eigenvalue weighted by atomic mass is 10.2. The van der Waals surface area contributed by atoms with E-state index in [0.717, 1.165) is 6.42 Å². The molecule has 1 fully saturated rings. The van der Waals surface area contributed by atoms with Gasteiger partial charge in [-0.15, -0.1) is 0 Å². The molecule has 0 aromatic heterocycles. The van der Waals surface area contributed by atoms with Crippen LogP contribution in [0, 0.1) is 5.92 Å². The van der Waals surface area contributed by atoms with Crippen molar-refractivity contribution in [1.82, 2.24) is 4.31 Å². The monoisotopic (exact) mass is 273 g/mol. The summed E-state index contributed by atoms with van der Waals surface area (Å²) in [6.07, 6.45) is 0.946. The first-order chi connectivity index (χ1) is 7.99. The predicted octanol–water partition coefficient (Wildman–Crippen LogP) is 2.51. The van der Waals surface area contributed by atoms with E-state index in [-0.39, 0.29) is 5.75 Å². The second kappa shape index (κ2) is 4.96. The molecule has 17 heavy (non-hydrogen) atoms. The minimum absolute atomic E-state index is 0.000602. The second-order valence-electron chi connectivity index (χ2n) is 4.60. The Morgan fingerprint density at radius 1 is 1.41 bits per heavy atom. The van der Waals surface area contributed by atoms with Crippen LogP contribution in [-0.4, -0.2) is 25.8 Å². The van der Waals surface area contributed by atoms with Gasteiger partial charge in [0.25, 0.3) is 0 Å². The van der Waals surface area contributed by atoms with Crippen molar-refractivity contribution in [3.63, 3.8) is 0 Å². The maximum atomic E-state index is 12.2. The van der Waals surface area contributed by atoms with E-state index in [1.54, 1.807) is 22.5 Å². The molecule has 0 aliphatic carbocycles. The van der Waals surface area contributed by atoms with Crippen LogP contribution in [0.25, 0.3) is 0 Å². The molecule has 0 amide bonds. The molecule has 1 aliphatic rings. The summed E-state index contributed by atoms with van der Waals surface area (Å²) >= 11 is 5.98. The minimum atomic E-state index is -3.22. The molecule has 1 aromatic rings. The van der Waals surface area contributed by atoms with E-state index in [0.29, 0.717) is 29.6 Å². The topological polar surface area (TPSA) is 37.4 Å². The highest BCUT2D eigenvalue weighted by Crippen LogP contribution is 2.23. The Morgan fingerprint density at radius 2 is 2.12 bits per heavy atom. The zero-order valence-corrected chi connectivity index (χ0v) is 11.3. The SMILES string of the molecule is CC1CCN(S(=O)(=O)Cc2ccccc2Cl)C1. The highest BCUT2D eigenvalue weighted by atomic mass is 35.5. The molecule has 0 spiro atoms. The molecule has 0 saturated carbocycles. The van der Waals surface area contributed by atoms with Gasteiger partial charge in [-0.25, -0.2) is 12.7 Å². The van der Waals surface area contributed by atoms with Gasteiger partial charge in [-0.05, 0) is 24.0 Å². The summed E-state index contributed by atoms with van der Waals surface area (Å²) in [6, 6.07) is 7.10. The minimum Gasteiger partial charge on any atom is -0.212 e. The van der Waals surface area contributed by atoms with E-state index in [1.165, 1.54) is 0 Å². The average Bonchev–Trinajstić information content (AvgIpc) is 2.69. The number of rotatable bonds is 3. The zero-order chi connectivity index (χ0) is 12.5. The van der Waals surface area contributed by atoms with Gasteiger partial charge >= 0.3 is 0 Å². The van der Waals surface area contributed by atoms with E-state index in [4.69, 9.17) is 11.6 Å². The van der Waals surface area contributed by atoms with Gasteiger partial charge in [0.15, 0.2) is 0 Å². The van der Waals surface area contributed by atoms with Gasteiger partial charge in [0.2, 0.25) is 10.0 Å². The molecular weight excluding hydrogens is 258 g/mol. The Bertz CT molecular complexity index is 501. The molecule has 2 rings (SSSR count). The Labute approximate surface area is 107 Å². The molecule has 0 radical (unpaired) electrons. The summed E-state index contributed by atoms with van der Waals surface area (Å²) in [7, 11) is -3.22. The van der Waals surface area contributed by atoms with Crippen molar-refractivity contribution in [2.45, 2.75) is 19.1 Å². The molecule has 1 saturated heterocycles. The molecule has 1 atom stereocenters. The van der Waals surface area contributed by atoms with Crippen molar-refractivity contribution < 1.29 is 8.42 Å². The number of hydrogen-bond acceptors (Lipinski definition) is 2. The fraction of sp³-hybridized carbons (Fsp3) is 0.500. The lowest BCUT2D eigenvalue weighted by Gasteiger charge is -2.16. The van der Waals surface area contributed by atoms with E-state index >= 15 is 0 Å². The highest BCUT2D eigenvalue weighted by Gasteiger charge is 2.29. The number of sulfonamides is 1. The van der Waals surface area contributed by atoms with Gasteiger partial charge in [0.1, 0.15) is 0 Å². The molecule has 3 nitrogen and oxygen atoms in total. The molecule has 1 heterocycles. The third-order valence-corrected chi connectivity index (χ3v) is 5.24. The molecule has 1 unspecified atom stereocenters. The summed E-state index contributed by atoms with van der Waals surface area (Å²) in [5, 5.41) is 0.517. The van der Waals surface area contributed by atoms with Crippen LogP contribution in [0.3, 0.4) is 0 Å². The van der Waals surface area contributed by atoms with E-state index < -0.39 is 10.0 Å². The molecule has 5 heteroatoms. The zero-order valence-electron chi connectivity index (χ0n) is 9.77. The van der Waals surface area contributed by atoms with Crippen LogP contribution in [-0.2, 0) is 15.8 Å². The van der Waals surface area contributed by atoms with E-state index in [9.17, 15) is 8.42 Å². The molecule has 1 aromatic carbocycles. The van der Waals surface area contributed by atoms with Crippen molar-refractivity contribution in [3.05, 3.63) is 34.9 Å². The summed E-state index contributed by atoms with van der Waals surface area (Å²) in [5.74, 6) is 0.454. The molecule has 0 N–H and O–H groups in total. The van der Waals surface area contributed by atoms with Gasteiger partial charge in [-0.2, -0.15) is 0 Å². The molecule has 0 bridgehead atoms. The van der Waals surface area contributed by atoms with Crippen LogP contribution in [0.4, 0.5) is 0 Å². The first kappa shape index (κ1) is 12.9. The van der Waals surface area contributed by atoms with Gasteiger partial charge < -0.3 is 0 Å². The predicted molar refractivity (Wildman–Crippen MR) is 69.4 cm³/mol. The van der Waals surface area contributed by atoms with Crippen LogP contribution < -0.4 is 0 Å². The Hall–Kier alpha value is -0.580. The van der Waals surface area contributed by atoms with Crippen LogP contribution in [0.1, 0.15) is 18.9 Å². The summed E-state index contributed by atoms with van der Waals surface area (Å²) < 4.78 is 25.9. The normalized spacial score (nSPS) is 21.9. The third kappa shape index (κ3) is 3.00. The number of halogens is 1. The summed E-state index contributed by atoms with van der Waals surface area (Å²) in [5.41, 5.74) is 0.675. The number of nitrogens with zero attached hydrogens (tertiary/aromatic N) is 1. The van der Waals surface area contributed by atoms with Gasteiger partial charge in [0.05, 0.1) is 5.75 Å². The van der Waals surface area contributed by atoms with E-state index in [2.05, 4.69) is 6.92 Å². The van der Waals surface area contributed by atoms with Crippen molar-refractivity contribution in [2.24, 2.45) is 5.92 Å². The maximum Gasteiger partial charge on any atom is 0.218 e. The lowest BCUT2D eigenvalue weighted by molar-refractivity contribution is 0.463.